The minimum absolute atomic E-state index is 0.468. The van der Waals surface area contributed by atoms with Crippen LogP contribution in [0.15, 0.2) is 6.07 Å². The fraction of sp³-hybridized carbons (Fsp3) is 0.600. The summed E-state index contributed by atoms with van der Waals surface area (Å²) in [5.41, 5.74) is 3.42. The molecule has 1 aliphatic heterocycles. The molecule has 1 aromatic rings. The Hall–Kier alpha value is -1.42. The van der Waals surface area contributed by atoms with E-state index in [1.165, 1.54) is 12.8 Å². The number of aromatic carboxylic acids is 1. The maximum absolute atomic E-state index is 11.5. The van der Waals surface area contributed by atoms with Gasteiger partial charge in [0, 0.05) is 24.7 Å². The average molecular weight is 260 g/mol. The maximum Gasteiger partial charge on any atom is 0.336 e. The summed E-state index contributed by atoms with van der Waals surface area (Å²) in [5.74, 6) is -0.335. The largest absolute Gasteiger partial charge is 0.478 e. The third-order valence-corrected chi connectivity index (χ3v) is 4.40. The minimum atomic E-state index is -0.803. The van der Waals surface area contributed by atoms with Crippen molar-refractivity contribution in [3.05, 3.63) is 28.6 Å². The highest BCUT2D eigenvalue weighted by Crippen LogP contribution is 2.35. The lowest BCUT2D eigenvalue weighted by molar-refractivity contribution is 0.0694. The Balaban J connectivity index is 2.05. The van der Waals surface area contributed by atoms with E-state index in [-0.39, 0.29) is 0 Å². The lowest BCUT2D eigenvalue weighted by Gasteiger charge is -2.26. The van der Waals surface area contributed by atoms with Gasteiger partial charge in [0.1, 0.15) is 0 Å². The smallest absolute Gasteiger partial charge is 0.336 e. The Morgan fingerprint density at radius 2 is 2.16 bits per heavy atom. The maximum atomic E-state index is 11.5. The summed E-state index contributed by atoms with van der Waals surface area (Å²) in [6.07, 6.45) is 5.59. The van der Waals surface area contributed by atoms with Gasteiger partial charge in [0.2, 0.25) is 0 Å². The molecule has 4 nitrogen and oxygen atoms in total. The molecule has 19 heavy (non-hydrogen) atoms. The van der Waals surface area contributed by atoms with Crippen LogP contribution in [-0.4, -0.2) is 34.6 Å². The van der Waals surface area contributed by atoms with Crippen molar-refractivity contribution in [1.29, 1.82) is 0 Å². The highest BCUT2D eigenvalue weighted by molar-refractivity contribution is 5.90. The summed E-state index contributed by atoms with van der Waals surface area (Å²) in [4.78, 5) is 18.5. The molecule has 1 saturated carbocycles. The third kappa shape index (κ3) is 2.37. The van der Waals surface area contributed by atoms with E-state index in [4.69, 9.17) is 4.98 Å². The van der Waals surface area contributed by atoms with Crippen molar-refractivity contribution in [2.75, 3.05) is 13.6 Å². The monoisotopic (exact) mass is 260 g/mol. The number of hydrogen-bond acceptors (Lipinski definition) is 3. The Morgan fingerprint density at radius 3 is 2.84 bits per heavy atom. The lowest BCUT2D eigenvalue weighted by Crippen LogP contribution is -2.29. The van der Waals surface area contributed by atoms with E-state index in [0.29, 0.717) is 11.5 Å². The molecule has 4 heteroatoms. The van der Waals surface area contributed by atoms with Gasteiger partial charge in [-0.1, -0.05) is 12.8 Å². The van der Waals surface area contributed by atoms with Crippen molar-refractivity contribution < 1.29 is 9.90 Å². The first kappa shape index (κ1) is 12.6. The van der Waals surface area contributed by atoms with Gasteiger partial charge in [-0.05, 0) is 37.9 Å². The van der Waals surface area contributed by atoms with Gasteiger partial charge in [0.05, 0.1) is 11.3 Å². The average Bonchev–Trinajstić information content (AvgIpc) is 2.90. The van der Waals surface area contributed by atoms with Crippen molar-refractivity contribution >= 4 is 5.97 Å². The molecule has 0 amide bonds. The van der Waals surface area contributed by atoms with Crippen molar-refractivity contribution in [3.8, 4) is 0 Å². The van der Waals surface area contributed by atoms with E-state index in [9.17, 15) is 9.90 Å². The van der Waals surface area contributed by atoms with E-state index in [1.54, 1.807) is 0 Å². The molecule has 1 N–H and O–H groups in total. The third-order valence-electron chi connectivity index (χ3n) is 4.40. The summed E-state index contributed by atoms with van der Waals surface area (Å²) in [6.45, 7) is 1.69. The van der Waals surface area contributed by atoms with E-state index in [2.05, 4.69) is 11.9 Å². The Kier molecular flexibility index (Phi) is 3.27. The molecule has 0 unspecified atom stereocenters. The predicted molar refractivity (Wildman–Crippen MR) is 72.4 cm³/mol. The quantitative estimate of drug-likeness (QED) is 0.887. The van der Waals surface area contributed by atoms with Gasteiger partial charge in [-0.25, -0.2) is 4.79 Å². The highest BCUT2D eigenvalue weighted by Gasteiger charge is 2.26. The van der Waals surface area contributed by atoms with Crippen LogP contribution in [0.4, 0.5) is 0 Å². The van der Waals surface area contributed by atoms with Crippen LogP contribution >= 0.6 is 0 Å². The second-order valence-corrected chi connectivity index (χ2v) is 5.79. The van der Waals surface area contributed by atoms with Gasteiger partial charge in [0.15, 0.2) is 0 Å². The first-order valence-electron chi connectivity index (χ1n) is 7.09. The molecule has 1 aromatic heterocycles. The molecule has 0 spiro atoms. The SMILES string of the molecule is CN1CCc2c(C(=O)O)cc(C3CCCC3)nc2C1. The molecule has 0 aromatic carbocycles. The molecule has 0 saturated heterocycles. The second kappa shape index (κ2) is 4.93. The molecule has 1 fully saturated rings. The van der Waals surface area contributed by atoms with E-state index in [1.807, 2.05) is 6.07 Å². The predicted octanol–water partition coefficient (Wildman–Crippen LogP) is 2.43. The van der Waals surface area contributed by atoms with Gasteiger partial charge >= 0.3 is 5.97 Å². The van der Waals surface area contributed by atoms with Gasteiger partial charge < -0.3 is 10.0 Å². The van der Waals surface area contributed by atoms with Crippen molar-refractivity contribution in [1.82, 2.24) is 9.88 Å². The normalized spacial score (nSPS) is 20.5. The molecular formula is C15H20N2O2. The zero-order valence-electron chi connectivity index (χ0n) is 11.4. The second-order valence-electron chi connectivity index (χ2n) is 5.79. The first-order chi connectivity index (χ1) is 9.15. The summed E-state index contributed by atoms with van der Waals surface area (Å²) >= 11 is 0. The molecule has 0 atom stereocenters. The standard InChI is InChI=1S/C15H20N2O2/c1-17-7-6-11-12(15(18)19)8-13(16-14(11)9-17)10-4-2-3-5-10/h8,10H,2-7,9H2,1H3,(H,18,19). The van der Waals surface area contributed by atoms with Crippen molar-refractivity contribution in [2.24, 2.45) is 0 Å². The van der Waals surface area contributed by atoms with Crippen LogP contribution in [0.1, 0.15) is 58.9 Å². The number of aromatic nitrogens is 1. The molecule has 2 aliphatic rings. The van der Waals surface area contributed by atoms with Gasteiger partial charge in [-0.2, -0.15) is 0 Å². The van der Waals surface area contributed by atoms with Crippen molar-refractivity contribution in [3.63, 3.8) is 0 Å². The van der Waals surface area contributed by atoms with Crippen LogP contribution < -0.4 is 0 Å². The summed E-state index contributed by atoms with van der Waals surface area (Å²) in [6, 6.07) is 1.84. The van der Waals surface area contributed by atoms with Crippen LogP contribution in [-0.2, 0) is 13.0 Å². The molecule has 102 valence electrons. The Morgan fingerprint density at radius 1 is 1.42 bits per heavy atom. The molecule has 0 radical (unpaired) electrons. The fourth-order valence-corrected chi connectivity index (χ4v) is 3.31. The van der Waals surface area contributed by atoms with Crippen LogP contribution in [0.5, 0.6) is 0 Å². The summed E-state index contributed by atoms with van der Waals surface area (Å²) in [5, 5.41) is 9.43. The number of hydrogen-bond donors (Lipinski definition) is 1. The zero-order valence-corrected chi connectivity index (χ0v) is 11.4. The number of pyridine rings is 1. The minimum Gasteiger partial charge on any atom is -0.478 e. The van der Waals surface area contributed by atoms with Crippen LogP contribution in [0.25, 0.3) is 0 Å². The lowest BCUT2D eigenvalue weighted by atomic mass is 9.94. The highest BCUT2D eigenvalue weighted by atomic mass is 16.4. The molecular weight excluding hydrogens is 240 g/mol. The molecule has 1 aliphatic carbocycles. The van der Waals surface area contributed by atoms with Crippen LogP contribution in [0, 0.1) is 0 Å². The number of carbonyl (C=O) groups is 1. The van der Waals surface area contributed by atoms with E-state index in [0.717, 1.165) is 49.3 Å². The van der Waals surface area contributed by atoms with Gasteiger partial charge in [-0.15, -0.1) is 0 Å². The number of rotatable bonds is 2. The van der Waals surface area contributed by atoms with Crippen LogP contribution in [0.2, 0.25) is 0 Å². The van der Waals surface area contributed by atoms with Gasteiger partial charge in [-0.3, -0.25) is 4.98 Å². The molecule has 2 heterocycles. The summed E-state index contributed by atoms with van der Waals surface area (Å²) in [7, 11) is 2.06. The Bertz CT molecular complexity index is 507. The molecule has 0 bridgehead atoms. The van der Waals surface area contributed by atoms with Crippen molar-refractivity contribution in [2.45, 2.75) is 44.6 Å². The number of likely N-dealkylation sites (N-methyl/N-ethyl adjacent to an activating group) is 1. The molecule has 3 rings (SSSR count). The van der Waals surface area contributed by atoms with E-state index >= 15 is 0 Å². The first-order valence-corrected chi connectivity index (χ1v) is 7.09. The number of carboxylic acids is 1. The number of carboxylic acid groups (broad SMARTS) is 1. The topological polar surface area (TPSA) is 53.4 Å². The summed E-state index contributed by atoms with van der Waals surface area (Å²) < 4.78 is 0. The zero-order chi connectivity index (χ0) is 13.4. The van der Waals surface area contributed by atoms with E-state index < -0.39 is 5.97 Å². The Labute approximate surface area is 113 Å². The fourth-order valence-electron chi connectivity index (χ4n) is 3.31. The number of fused-ring (bicyclic) bond motifs is 1. The number of nitrogens with zero attached hydrogens (tertiary/aromatic N) is 2. The van der Waals surface area contributed by atoms with Gasteiger partial charge in [0.25, 0.3) is 0 Å². The van der Waals surface area contributed by atoms with Crippen LogP contribution in [0.3, 0.4) is 0 Å².